The number of carbonyl (C=O) groups is 1. The van der Waals surface area contributed by atoms with E-state index in [9.17, 15) is 15.0 Å². The Hall–Kier alpha value is -2.06. The molecule has 23 heavy (non-hydrogen) atoms. The minimum Gasteiger partial charge on any atom is -0.550 e. The van der Waals surface area contributed by atoms with E-state index in [1.807, 2.05) is 0 Å². The zero-order valence-corrected chi connectivity index (χ0v) is 13.6. The highest BCUT2D eigenvalue weighted by Crippen LogP contribution is 2.24. The molecule has 1 rings (SSSR count). The lowest BCUT2D eigenvalue weighted by molar-refractivity contribution is -0.305. The van der Waals surface area contributed by atoms with Gasteiger partial charge in [0.05, 0.1) is 12.7 Å². The van der Waals surface area contributed by atoms with Crippen molar-refractivity contribution in [3.05, 3.63) is 23.9 Å². The maximum Gasteiger partial charge on any atom is 0.219 e. The number of ether oxygens (including phenoxy) is 1. The van der Waals surface area contributed by atoms with E-state index in [0.29, 0.717) is 30.9 Å². The first-order chi connectivity index (χ1) is 11.1. The zero-order valence-electron chi connectivity index (χ0n) is 13.6. The van der Waals surface area contributed by atoms with E-state index in [2.05, 4.69) is 23.7 Å². The van der Waals surface area contributed by atoms with E-state index in [1.54, 1.807) is 18.3 Å². The van der Waals surface area contributed by atoms with Crippen LogP contribution in [-0.4, -0.2) is 22.7 Å². The van der Waals surface area contributed by atoms with Gasteiger partial charge in [-0.1, -0.05) is 19.8 Å². The van der Waals surface area contributed by atoms with Gasteiger partial charge in [-0.3, -0.25) is 0 Å². The number of hydrogen-bond acceptors (Lipinski definition) is 5. The summed E-state index contributed by atoms with van der Waals surface area (Å²) >= 11 is 0. The van der Waals surface area contributed by atoms with Gasteiger partial charge >= 0.3 is 0 Å². The number of rotatable bonds is 10. The largest absolute Gasteiger partial charge is 0.550 e. The molecule has 0 spiro atoms. The lowest BCUT2D eigenvalue weighted by atomic mass is 10.1. The molecule has 1 atom stereocenters. The van der Waals surface area contributed by atoms with Crippen LogP contribution in [-0.2, 0) is 4.79 Å². The third kappa shape index (κ3) is 8.22. The van der Waals surface area contributed by atoms with Gasteiger partial charge in [0.25, 0.3) is 0 Å². The van der Waals surface area contributed by atoms with Crippen LogP contribution in [0.5, 0.6) is 5.88 Å². The average Bonchev–Trinajstić information content (AvgIpc) is 2.54. The second kappa shape index (κ2) is 11.5. The van der Waals surface area contributed by atoms with Crippen LogP contribution in [0.3, 0.4) is 0 Å². The Balaban J connectivity index is 2.47. The Labute approximate surface area is 137 Å². The molecule has 0 saturated carbocycles. The predicted octanol–water partition coefficient (Wildman–Crippen LogP) is 2.00. The van der Waals surface area contributed by atoms with E-state index in [0.717, 1.165) is 19.3 Å². The van der Waals surface area contributed by atoms with Crippen molar-refractivity contribution in [2.45, 2.75) is 58.0 Å². The smallest absolute Gasteiger partial charge is 0.219 e. The molecule has 1 N–H and O–H groups in total. The molecule has 0 fully saturated rings. The third-order valence-electron chi connectivity index (χ3n) is 3.25. The summed E-state index contributed by atoms with van der Waals surface area (Å²) in [6.07, 6.45) is 5.27. The molecule has 5 heteroatoms. The molecule has 5 nitrogen and oxygen atoms in total. The predicted molar refractivity (Wildman–Crippen MR) is 85.5 cm³/mol. The van der Waals surface area contributed by atoms with Crippen molar-refractivity contribution < 1.29 is 19.7 Å². The molecule has 0 radical (unpaired) electrons. The molecule has 1 unspecified atom stereocenters. The fraction of sp³-hybridized carbons (Fsp3) is 0.556. The summed E-state index contributed by atoms with van der Waals surface area (Å²) in [6, 6.07) is 3.54. The summed E-state index contributed by atoms with van der Waals surface area (Å²) in [5, 5.41) is 20.5. The molecule has 0 aliphatic carbocycles. The Kier molecular flexibility index (Phi) is 9.49. The number of aliphatic hydroxyl groups excluding tert-OH is 1. The highest BCUT2D eigenvalue weighted by Gasteiger charge is 2.13. The molecule has 1 aromatic rings. The molecule has 0 amide bonds. The number of aliphatic carboxylic acids is 1. The Morgan fingerprint density at radius 2 is 2.22 bits per heavy atom. The molecular formula is C18H24NO4-. The summed E-state index contributed by atoms with van der Waals surface area (Å²) in [5.74, 6) is 5.11. The van der Waals surface area contributed by atoms with E-state index in [1.165, 1.54) is 0 Å². The molecule has 0 aliphatic heterocycles. The standard InChI is InChI=1S/C18H25NO4/c1-2-3-8-14-23-18-15(10-9-13-19-18)16(20)11-6-4-5-7-12-17(21)22/h9-10,13,16,20H,2-3,5,7-8,11-12,14H2,1H3,(H,21,22)/p-1. The quantitative estimate of drug-likeness (QED) is 0.527. The van der Waals surface area contributed by atoms with Gasteiger partial charge in [0.1, 0.15) is 0 Å². The van der Waals surface area contributed by atoms with Gasteiger partial charge in [0, 0.05) is 30.6 Å². The number of aromatic nitrogens is 1. The SMILES string of the molecule is CCCCCOc1ncccc1C(O)CC#CCCCC(=O)[O-]. The van der Waals surface area contributed by atoms with Crippen LogP contribution in [0.2, 0.25) is 0 Å². The summed E-state index contributed by atoms with van der Waals surface area (Å²) in [5.41, 5.74) is 0.632. The second-order valence-corrected chi connectivity index (χ2v) is 5.25. The minimum absolute atomic E-state index is 0.00951. The van der Waals surface area contributed by atoms with Crippen LogP contribution in [0, 0.1) is 11.8 Å². The monoisotopic (exact) mass is 318 g/mol. The molecule has 1 aromatic heterocycles. The highest BCUT2D eigenvalue weighted by molar-refractivity contribution is 5.64. The fourth-order valence-corrected chi connectivity index (χ4v) is 1.99. The summed E-state index contributed by atoms with van der Waals surface area (Å²) < 4.78 is 5.64. The van der Waals surface area contributed by atoms with Crippen molar-refractivity contribution in [1.29, 1.82) is 0 Å². The summed E-state index contributed by atoms with van der Waals surface area (Å²) in [4.78, 5) is 14.4. The van der Waals surface area contributed by atoms with Gasteiger partial charge in [-0.15, -0.1) is 11.8 Å². The molecule has 0 bridgehead atoms. The number of hydrogen-bond donors (Lipinski definition) is 1. The number of carboxylic acid groups (broad SMARTS) is 1. The van der Waals surface area contributed by atoms with Gasteiger partial charge in [-0.2, -0.15) is 0 Å². The highest BCUT2D eigenvalue weighted by atomic mass is 16.5. The number of aliphatic hydroxyl groups is 1. The average molecular weight is 318 g/mol. The number of carbonyl (C=O) groups excluding carboxylic acids is 1. The third-order valence-corrected chi connectivity index (χ3v) is 3.25. The number of unbranched alkanes of at least 4 members (excludes halogenated alkanes) is 3. The molecule has 126 valence electrons. The number of carboxylic acids is 1. The molecule has 1 heterocycles. The topological polar surface area (TPSA) is 82.5 Å². The molecule has 0 saturated heterocycles. The first-order valence-corrected chi connectivity index (χ1v) is 8.06. The first kappa shape index (κ1) is 19.0. The number of nitrogens with zero attached hydrogens (tertiary/aromatic N) is 1. The minimum atomic E-state index is -1.06. The molecular weight excluding hydrogens is 294 g/mol. The van der Waals surface area contributed by atoms with Crippen LogP contribution in [0.4, 0.5) is 0 Å². The van der Waals surface area contributed by atoms with Gasteiger partial charge < -0.3 is 19.7 Å². The van der Waals surface area contributed by atoms with Crippen molar-refractivity contribution >= 4 is 5.97 Å². The lowest BCUT2D eigenvalue weighted by Gasteiger charge is -2.13. The molecule has 0 aromatic carbocycles. The van der Waals surface area contributed by atoms with Gasteiger partial charge in [0.15, 0.2) is 0 Å². The zero-order chi connectivity index (χ0) is 16.9. The van der Waals surface area contributed by atoms with E-state index < -0.39 is 12.1 Å². The second-order valence-electron chi connectivity index (χ2n) is 5.25. The van der Waals surface area contributed by atoms with Gasteiger partial charge in [-0.25, -0.2) is 4.98 Å². The van der Waals surface area contributed by atoms with Crippen LogP contribution in [0.1, 0.15) is 63.5 Å². The Morgan fingerprint density at radius 1 is 1.39 bits per heavy atom. The van der Waals surface area contributed by atoms with Crippen molar-refractivity contribution in [2.75, 3.05) is 6.61 Å². The number of pyridine rings is 1. The normalized spacial score (nSPS) is 11.4. The first-order valence-electron chi connectivity index (χ1n) is 8.06. The van der Waals surface area contributed by atoms with E-state index in [-0.39, 0.29) is 12.8 Å². The fourth-order valence-electron chi connectivity index (χ4n) is 1.99. The van der Waals surface area contributed by atoms with Crippen LogP contribution in [0.15, 0.2) is 18.3 Å². The maximum absolute atomic E-state index is 10.3. The lowest BCUT2D eigenvalue weighted by Crippen LogP contribution is -2.21. The van der Waals surface area contributed by atoms with Crippen molar-refractivity contribution in [3.63, 3.8) is 0 Å². The van der Waals surface area contributed by atoms with Crippen molar-refractivity contribution in [3.8, 4) is 17.7 Å². The van der Waals surface area contributed by atoms with Crippen LogP contribution < -0.4 is 9.84 Å². The molecule has 0 aliphatic rings. The Morgan fingerprint density at radius 3 is 2.96 bits per heavy atom. The van der Waals surface area contributed by atoms with E-state index >= 15 is 0 Å². The van der Waals surface area contributed by atoms with E-state index in [4.69, 9.17) is 4.74 Å². The van der Waals surface area contributed by atoms with Gasteiger partial charge in [-0.05, 0) is 31.4 Å². The summed E-state index contributed by atoms with van der Waals surface area (Å²) in [6.45, 7) is 2.71. The maximum atomic E-state index is 10.3. The van der Waals surface area contributed by atoms with Crippen molar-refractivity contribution in [1.82, 2.24) is 4.98 Å². The Bertz CT molecular complexity index is 533. The van der Waals surface area contributed by atoms with Gasteiger partial charge in [0.2, 0.25) is 5.88 Å². The van der Waals surface area contributed by atoms with Crippen LogP contribution in [0.25, 0.3) is 0 Å². The van der Waals surface area contributed by atoms with Crippen LogP contribution >= 0.6 is 0 Å². The summed E-state index contributed by atoms with van der Waals surface area (Å²) in [7, 11) is 0. The van der Waals surface area contributed by atoms with Crippen molar-refractivity contribution in [2.24, 2.45) is 0 Å².